The van der Waals surface area contributed by atoms with E-state index in [1.165, 1.54) is 0 Å². The van der Waals surface area contributed by atoms with Gasteiger partial charge in [-0.1, -0.05) is 0 Å². The summed E-state index contributed by atoms with van der Waals surface area (Å²) in [5, 5.41) is 13.2. The van der Waals surface area contributed by atoms with Crippen LogP contribution in [0, 0.1) is 18.8 Å². The fourth-order valence-corrected chi connectivity index (χ4v) is 3.37. The molecule has 0 bridgehead atoms. The van der Waals surface area contributed by atoms with E-state index in [-0.39, 0.29) is 6.10 Å². The zero-order valence-corrected chi connectivity index (χ0v) is 11.6. The zero-order chi connectivity index (χ0) is 13.4. The molecule has 1 aliphatic heterocycles. The number of aromatic nitrogens is 2. The van der Waals surface area contributed by atoms with Crippen LogP contribution >= 0.6 is 0 Å². The highest BCUT2D eigenvalue weighted by atomic mass is 16.3. The summed E-state index contributed by atoms with van der Waals surface area (Å²) in [5.74, 6) is 2.76. The average molecular weight is 262 g/mol. The van der Waals surface area contributed by atoms with Crippen LogP contribution in [0.1, 0.15) is 25.5 Å². The largest absolute Gasteiger partial charge is 0.393 e. The first-order valence-electron chi connectivity index (χ1n) is 7.20. The lowest BCUT2D eigenvalue weighted by molar-refractivity contribution is 0.133. The summed E-state index contributed by atoms with van der Waals surface area (Å²) < 4.78 is 0. The Morgan fingerprint density at radius 2 is 2.21 bits per heavy atom. The fourth-order valence-electron chi connectivity index (χ4n) is 3.37. The van der Waals surface area contributed by atoms with Crippen molar-refractivity contribution in [2.75, 3.05) is 29.9 Å². The van der Waals surface area contributed by atoms with Crippen molar-refractivity contribution >= 4 is 11.8 Å². The van der Waals surface area contributed by atoms with E-state index in [0.717, 1.165) is 44.0 Å². The van der Waals surface area contributed by atoms with Crippen molar-refractivity contribution in [1.82, 2.24) is 9.97 Å². The third-order valence-electron chi connectivity index (χ3n) is 4.32. The third-order valence-corrected chi connectivity index (χ3v) is 4.32. The molecule has 0 amide bonds. The second kappa shape index (κ2) is 4.96. The van der Waals surface area contributed by atoms with Crippen LogP contribution in [0.25, 0.3) is 0 Å². The van der Waals surface area contributed by atoms with Gasteiger partial charge in [-0.3, -0.25) is 0 Å². The van der Waals surface area contributed by atoms with Gasteiger partial charge in [0.25, 0.3) is 0 Å². The Labute approximate surface area is 114 Å². The van der Waals surface area contributed by atoms with Gasteiger partial charge in [0.05, 0.1) is 6.10 Å². The van der Waals surface area contributed by atoms with Crippen LogP contribution in [0.4, 0.5) is 11.8 Å². The molecule has 5 nitrogen and oxygen atoms in total. The number of aryl methyl sites for hydroxylation is 1. The lowest BCUT2D eigenvalue weighted by Crippen LogP contribution is -2.25. The zero-order valence-electron chi connectivity index (χ0n) is 11.6. The number of aliphatic hydroxyl groups is 1. The Kier molecular flexibility index (Phi) is 3.31. The van der Waals surface area contributed by atoms with Gasteiger partial charge in [-0.2, -0.15) is 4.98 Å². The van der Waals surface area contributed by atoms with Gasteiger partial charge in [-0.15, -0.1) is 0 Å². The minimum Gasteiger partial charge on any atom is -0.393 e. The van der Waals surface area contributed by atoms with E-state index in [0.29, 0.717) is 17.8 Å². The Morgan fingerprint density at radius 1 is 1.37 bits per heavy atom. The molecule has 104 valence electrons. The molecule has 2 N–H and O–H groups in total. The molecule has 1 aromatic rings. The molecular formula is C14H22N4O. The smallest absolute Gasteiger partial charge is 0.224 e. The average Bonchev–Trinajstić information content (AvgIpc) is 2.92. The van der Waals surface area contributed by atoms with Crippen LogP contribution in [0.3, 0.4) is 0 Å². The molecule has 0 aromatic carbocycles. The van der Waals surface area contributed by atoms with E-state index >= 15 is 0 Å². The van der Waals surface area contributed by atoms with Gasteiger partial charge >= 0.3 is 0 Å². The Hall–Kier alpha value is -1.36. The molecule has 19 heavy (non-hydrogen) atoms. The highest BCUT2D eigenvalue weighted by Gasteiger charge is 2.42. The molecule has 3 atom stereocenters. The summed E-state index contributed by atoms with van der Waals surface area (Å²) in [7, 11) is 0. The summed E-state index contributed by atoms with van der Waals surface area (Å²) in [6, 6.07) is 2.04. The van der Waals surface area contributed by atoms with Gasteiger partial charge < -0.3 is 15.3 Å². The van der Waals surface area contributed by atoms with Crippen molar-refractivity contribution in [3.8, 4) is 0 Å². The molecule has 2 fully saturated rings. The molecular weight excluding hydrogens is 240 g/mol. The lowest BCUT2D eigenvalue weighted by atomic mass is 10.00. The van der Waals surface area contributed by atoms with Crippen LogP contribution in [-0.4, -0.2) is 40.8 Å². The number of nitrogens with one attached hydrogen (secondary N) is 1. The maximum absolute atomic E-state index is 9.99. The topological polar surface area (TPSA) is 61.3 Å². The lowest BCUT2D eigenvalue weighted by Gasteiger charge is -2.20. The fraction of sp³-hybridized carbons (Fsp3) is 0.714. The SMILES string of the molecule is CCNc1nc(C)cc(N2CC3CCC(O)C3C2)n1. The number of fused-ring (bicyclic) bond motifs is 1. The first-order chi connectivity index (χ1) is 9.17. The standard InChI is InChI=1S/C14H22N4O/c1-3-15-14-16-9(2)6-13(17-14)18-7-10-4-5-12(19)11(10)8-18/h6,10-12,19H,3-5,7-8H2,1-2H3,(H,15,16,17). The molecule has 2 heterocycles. The minimum atomic E-state index is -0.119. The van der Waals surface area contributed by atoms with Gasteiger partial charge in [0.15, 0.2) is 0 Å². The number of hydrogen-bond donors (Lipinski definition) is 2. The van der Waals surface area contributed by atoms with Gasteiger partial charge in [-0.05, 0) is 32.6 Å². The van der Waals surface area contributed by atoms with E-state index in [1.54, 1.807) is 0 Å². The van der Waals surface area contributed by atoms with Crippen molar-refractivity contribution in [1.29, 1.82) is 0 Å². The van der Waals surface area contributed by atoms with Crippen molar-refractivity contribution in [3.63, 3.8) is 0 Å². The molecule has 1 saturated carbocycles. The van der Waals surface area contributed by atoms with Crippen LogP contribution in [0.15, 0.2) is 6.07 Å². The van der Waals surface area contributed by atoms with Gasteiger partial charge in [-0.25, -0.2) is 4.98 Å². The van der Waals surface area contributed by atoms with E-state index < -0.39 is 0 Å². The van der Waals surface area contributed by atoms with Crippen molar-refractivity contribution in [3.05, 3.63) is 11.8 Å². The first kappa shape index (κ1) is 12.7. The predicted octanol–water partition coefficient (Wildman–Crippen LogP) is 1.42. The highest BCUT2D eigenvalue weighted by Crippen LogP contribution is 2.39. The van der Waals surface area contributed by atoms with E-state index in [2.05, 4.69) is 20.2 Å². The van der Waals surface area contributed by atoms with Crippen LogP contribution < -0.4 is 10.2 Å². The molecule has 3 unspecified atom stereocenters. The second-order valence-electron chi connectivity index (χ2n) is 5.70. The summed E-state index contributed by atoms with van der Waals surface area (Å²) in [5.41, 5.74) is 0.985. The first-order valence-corrected chi connectivity index (χ1v) is 7.20. The number of hydrogen-bond acceptors (Lipinski definition) is 5. The van der Waals surface area contributed by atoms with Crippen LogP contribution in [0.2, 0.25) is 0 Å². The molecule has 0 radical (unpaired) electrons. The number of rotatable bonds is 3. The number of anilines is 2. The number of aliphatic hydroxyl groups excluding tert-OH is 1. The molecule has 1 aromatic heterocycles. The third kappa shape index (κ3) is 2.39. The summed E-state index contributed by atoms with van der Waals surface area (Å²) in [6.07, 6.45) is 1.99. The summed E-state index contributed by atoms with van der Waals surface area (Å²) >= 11 is 0. The molecule has 5 heteroatoms. The Balaban J connectivity index is 1.79. The monoisotopic (exact) mass is 262 g/mol. The second-order valence-corrected chi connectivity index (χ2v) is 5.70. The molecule has 0 spiro atoms. The van der Waals surface area contributed by atoms with Crippen LogP contribution in [-0.2, 0) is 0 Å². The predicted molar refractivity (Wildman–Crippen MR) is 75.4 cm³/mol. The normalized spacial score (nSPS) is 29.6. The minimum absolute atomic E-state index is 0.119. The molecule has 2 aliphatic rings. The summed E-state index contributed by atoms with van der Waals surface area (Å²) in [4.78, 5) is 11.3. The number of nitrogens with zero attached hydrogens (tertiary/aromatic N) is 3. The van der Waals surface area contributed by atoms with Crippen molar-refractivity contribution < 1.29 is 5.11 Å². The maximum atomic E-state index is 9.99. The van der Waals surface area contributed by atoms with Gasteiger partial charge in [0, 0.05) is 37.3 Å². The molecule has 1 saturated heterocycles. The van der Waals surface area contributed by atoms with Crippen LogP contribution in [0.5, 0.6) is 0 Å². The maximum Gasteiger partial charge on any atom is 0.224 e. The highest BCUT2D eigenvalue weighted by molar-refractivity contribution is 5.46. The van der Waals surface area contributed by atoms with E-state index in [9.17, 15) is 5.11 Å². The Bertz CT molecular complexity index is 465. The van der Waals surface area contributed by atoms with Crippen molar-refractivity contribution in [2.24, 2.45) is 11.8 Å². The quantitative estimate of drug-likeness (QED) is 0.863. The Morgan fingerprint density at radius 3 is 2.95 bits per heavy atom. The summed E-state index contributed by atoms with van der Waals surface area (Å²) in [6.45, 7) is 6.81. The molecule has 1 aliphatic carbocycles. The van der Waals surface area contributed by atoms with Gasteiger partial charge in [0.1, 0.15) is 5.82 Å². The van der Waals surface area contributed by atoms with Crippen molar-refractivity contribution in [2.45, 2.75) is 32.8 Å². The van der Waals surface area contributed by atoms with E-state index in [1.807, 2.05) is 19.9 Å². The van der Waals surface area contributed by atoms with Gasteiger partial charge in [0.2, 0.25) is 5.95 Å². The van der Waals surface area contributed by atoms with E-state index in [4.69, 9.17) is 0 Å². The molecule has 3 rings (SSSR count).